The normalized spacial score (nSPS) is 12.2. The van der Waals surface area contributed by atoms with Crippen LogP contribution in [0, 0.1) is 0 Å². The predicted molar refractivity (Wildman–Crippen MR) is 21.6 cm³/mol. The summed E-state index contributed by atoms with van der Waals surface area (Å²) in [6.45, 7) is 0. The van der Waals surface area contributed by atoms with E-state index in [9.17, 15) is 25.9 Å². The average Bonchev–Trinajstić information content (AvgIpc) is 1.57. The summed E-state index contributed by atoms with van der Waals surface area (Å²) in [4.78, 5) is 0. The van der Waals surface area contributed by atoms with Crippen LogP contribution < -0.4 is 0 Å². The molecule has 11 heavy (non-hydrogen) atoms. The van der Waals surface area contributed by atoms with Gasteiger partial charge >= 0.3 is 17.1 Å². The standard InChI is InChI=1S/Cu.H2O8S2/c;1-9(2,3)7-8-10(4,5)6/h;(H,1,2,3)(H,4,5,6)/q+2;/p-2. The van der Waals surface area contributed by atoms with E-state index >= 15 is 0 Å². The summed E-state index contributed by atoms with van der Waals surface area (Å²) in [5, 5.41) is 0. The molecule has 0 aromatic rings. The zero-order valence-corrected chi connectivity index (χ0v) is 6.96. The Morgan fingerprint density at radius 2 is 1.00 bits per heavy atom. The van der Waals surface area contributed by atoms with Crippen molar-refractivity contribution < 1.29 is 51.7 Å². The first kappa shape index (κ1) is 13.8. The fourth-order valence-corrected chi connectivity index (χ4v) is 0.612. The van der Waals surface area contributed by atoms with E-state index in [0.29, 0.717) is 0 Å². The minimum absolute atomic E-state index is 0. The molecule has 0 N–H and O–H groups in total. The molecule has 0 fully saturated rings. The van der Waals surface area contributed by atoms with Crippen molar-refractivity contribution in [1.82, 2.24) is 0 Å². The molecule has 0 aliphatic heterocycles. The van der Waals surface area contributed by atoms with E-state index in [1.807, 2.05) is 0 Å². The molecule has 8 nitrogen and oxygen atoms in total. The summed E-state index contributed by atoms with van der Waals surface area (Å²) in [5.41, 5.74) is 0. The molecule has 11 heteroatoms. The maximum Gasteiger partial charge on any atom is 2.00 e. The molecule has 0 heterocycles. The second kappa shape index (κ2) is 4.33. The van der Waals surface area contributed by atoms with Crippen molar-refractivity contribution in [3.8, 4) is 0 Å². The number of hydrogen-bond acceptors (Lipinski definition) is 8. The van der Waals surface area contributed by atoms with Crippen LogP contribution in [0.3, 0.4) is 0 Å². The molecule has 0 spiro atoms. The van der Waals surface area contributed by atoms with Gasteiger partial charge in [0.15, 0.2) is 0 Å². The fraction of sp³-hybridized carbons (Fsp3) is 0. The van der Waals surface area contributed by atoms with Crippen LogP contribution in [0.4, 0.5) is 0 Å². The summed E-state index contributed by atoms with van der Waals surface area (Å²) in [6, 6.07) is 0. The van der Waals surface area contributed by atoms with Crippen LogP contribution in [-0.4, -0.2) is 25.9 Å². The Labute approximate surface area is 72.8 Å². The van der Waals surface area contributed by atoms with Crippen LogP contribution in [0.25, 0.3) is 0 Å². The second-order valence-electron chi connectivity index (χ2n) is 0.953. The molecular weight excluding hydrogens is 256 g/mol. The third kappa shape index (κ3) is 13.3. The molecule has 71 valence electrons. The van der Waals surface area contributed by atoms with Gasteiger partial charge in [-0.2, -0.15) is 0 Å². The monoisotopic (exact) mass is 255 g/mol. The Balaban J connectivity index is 0. The molecule has 0 saturated heterocycles. The van der Waals surface area contributed by atoms with Gasteiger partial charge < -0.3 is 9.11 Å². The van der Waals surface area contributed by atoms with Crippen LogP contribution in [0.2, 0.25) is 0 Å². The number of rotatable bonds is 3. The van der Waals surface area contributed by atoms with Crippen LogP contribution in [-0.2, 0) is 46.5 Å². The smallest absolute Gasteiger partial charge is 0.724 e. The Bertz CT molecular complexity index is 248. The second-order valence-corrected chi connectivity index (χ2v) is 2.86. The summed E-state index contributed by atoms with van der Waals surface area (Å²) in [7, 11) is -10.6. The van der Waals surface area contributed by atoms with E-state index in [4.69, 9.17) is 0 Å². The third-order valence-corrected chi connectivity index (χ3v) is 0.750. The van der Waals surface area contributed by atoms with Gasteiger partial charge in [0.1, 0.15) is 0 Å². The first-order valence-corrected chi connectivity index (χ1v) is 4.17. The van der Waals surface area contributed by atoms with Gasteiger partial charge in [-0.3, -0.25) is 0 Å². The van der Waals surface area contributed by atoms with Crippen molar-refractivity contribution in [3.63, 3.8) is 0 Å². The molecule has 0 unspecified atom stereocenters. The van der Waals surface area contributed by atoms with Crippen molar-refractivity contribution in [2.75, 3.05) is 0 Å². The molecular formula is CuO8S2. The van der Waals surface area contributed by atoms with E-state index in [2.05, 4.69) is 8.67 Å². The first-order valence-electron chi connectivity index (χ1n) is 1.50. The molecule has 0 amide bonds. The van der Waals surface area contributed by atoms with Crippen molar-refractivity contribution in [2.24, 2.45) is 0 Å². The van der Waals surface area contributed by atoms with Crippen molar-refractivity contribution in [1.29, 1.82) is 0 Å². The van der Waals surface area contributed by atoms with E-state index in [-0.39, 0.29) is 17.1 Å². The SMILES string of the molecule is O=S(=O)([O-])OOS(=O)(=O)[O-].[Cu+2]. The van der Waals surface area contributed by atoms with Gasteiger partial charge in [0, 0.05) is 0 Å². The zero-order valence-electron chi connectivity index (χ0n) is 4.38. The van der Waals surface area contributed by atoms with Crippen LogP contribution >= 0.6 is 0 Å². The molecule has 1 radical (unpaired) electrons. The van der Waals surface area contributed by atoms with E-state index < -0.39 is 20.8 Å². The van der Waals surface area contributed by atoms with Gasteiger partial charge in [0.25, 0.3) is 0 Å². The van der Waals surface area contributed by atoms with E-state index in [0.717, 1.165) is 0 Å². The molecule has 0 aliphatic carbocycles. The Kier molecular flexibility index (Phi) is 5.44. The van der Waals surface area contributed by atoms with Crippen molar-refractivity contribution in [3.05, 3.63) is 0 Å². The Hall–Kier alpha value is 0.259. The van der Waals surface area contributed by atoms with Crippen molar-refractivity contribution >= 4 is 20.8 Å². The maximum absolute atomic E-state index is 9.37. The molecule has 0 atom stereocenters. The molecule has 0 aliphatic rings. The summed E-state index contributed by atoms with van der Waals surface area (Å²) >= 11 is 0. The van der Waals surface area contributed by atoms with Gasteiger partial charge in [-0.25, -0.2) is 16.8 Å². The molecule has 0 bridgehead atoms. The Morgan fingerprint density at radius 1 is 0.818 bits per heavy atom. The maximum atomic E-state index is 9.37. The van der Waals surface area contributed by atoms with Crippen molar-refractivity contribution in [2.45, 2.75) is 0 Å². The first-order chi connectivity index (χ1) is 4.21. The van der Waals surface area contributed by atoms with Gasteiger partial charge in [0.2, 0.25) is 20.8 Å². The minimum atomic E-state index is -5.31. The largest absolute Gasteiger partial charge is 2.00 e. The fourth-order valence-electron chi connectivity index (χ4n) is 0.0680. The van der Waals surface area contributed by atoms with Crippen LogP contribution in [0.1, 0.15) is 0 Å². The summed E-state index contributed by atoms with van der Waals surface area (Å²) in [5.74, 6) is 0. The van der Waals surface area contributed by atoms with E-state index in [1.165, 1.54) is 0 Å². The molecule has 0 aromatic carbocycles. The van der Waals surface area contributed by atoms with Gasteiger partial charge in [-0.15, -0.1) is 8.67 Å². The molecule has 0 saturated carbocycles. The predicted octanol–water partition coefficient (Wildman–Crippen LogP) is -2.15. The third-order valence-electron chi connectivity index (χ3n) is 0.194. The van der Waals surface area contributed by atoms with Gasteiger partial charge in [-0.05, 0) is 0 Å². The van der Waals surface area contributed by atoms with Gasteiger partial charge in [-0.1, -0.05) is 0 Å². The van der Waals surface area contributed by atoms with Gasteiger partial charge in [0.05, 0.1) is 0 Å². The average molecular weight is 256 g/mol. The molecule has 0 aromatic heterocycles. The Morgan fingerprint density at radius 3 is 1.09 bits per heavy atom. The molecule has 0 rings (SSSR count). The van der Waals surface area contributed by atoms with Crippen LogP contribution in [0.15, 0.2) is 0 Å². The summed E-state index contributed by atoms with van der Waals surface area (Å²) in [6.07, 6.45) is 0. The quantitative estimate of drug-likeness (QED) is 0.183. The topological polar surface area (TPSA) is 133 Å². The zero-order chi connectivity index (χ0) is 8.41. The van der Waals surface area contributed by atoms with Crippen LogP contribution in [0.5, 0.6) is 0 Å². The van der Waals surface area contributed by atoms with E-state index in [1.54, 1.807) is 0 Å². The number of hydrogen-bond donors (Lipinski definition) is 0. The summed E-state index contributed by atoms with van der Waals surface area (Å²) < 4.78 is 61.5. The minimum Gasteiger partial charge on any atom is -0.724 e.